The van der Waals surface area contributed by atoms with Crippen molar-refractivity contribution in [3.8, 4) is 11.3 Å². The van der Waals surface area contributed by atoms with Crippen molar-refractivity contribution in [3.05, 3.63) is 42.6 Å². The van der Waals surface area contributed by atoms with Gasteiger partial charge in [-0.15, -0.1) is 0 Å². The van der Waals surface area contributed by atoms with E-state index in [0.717, 1.165) is 23.2 Å². The lowest BCUT2D eigenvalue weighted by molar-refractivity contribution is -0.134. The topological polar surface area (TPSA) is 112 Å². The molecular formula is C20H25N5O4S. The van der Waals surface area contributed by atoms with Crippen LogP contribution in [0.15, 0.2) is 42.6 Å². The Labute approximate surface area is 176 Å². The van der Waals surface area contributed by atoms with Crippen LogP contribution < -0.4 is 14.9 Å². The standard InChI is InChI=1S/C20H25N5O4S/c1-15(22-14-26)20(27)25-11-9-24(10-12-25)18-7-8-19(21-13-18)16-3-5-17(6-4-16)23-30(2,28)29/h3-8,13-15,23H,9-12H2,1-2H3,(H,22,26)/t15-/m0/s1. The quantitative estimate of drug-likeness (QED) is 0.630. The summed E-state index contributed by atoms with van der Waals surface area (Å²) < 4.78 is 25.0. The number of rotatable bonds is 7. The second-order valence-electron chi connectivity index (χ2n) is 7.17. The fourth-order valence-electron chi connectivity index (χ4n) is 3.30. The summed E-state index contributed by atoms with van der Waals surface area (Å²) >= 11 is 0. The molecule has 0 unspecified atom stereocenters. The van der Waals surface area contributed by atoms with E-state index < -0.39 is 16.1 Å². The number of piperazine rings is 1. The molecule has 2 N–H and O–H groups in total. The van der Waals surface area contributed by atoms with Gasteiger partial charge in [-0.3, -0.25) is 19.3 Å². The van der Waals surface area contributed by atoms with Crippen molar-refractivity contribution in [3.63, 3.8) is 0 Å². The fourth-order valence-corrected chi connectivity index (χ4v) is 3.86. The zero-order valence-electron chi connectivity index (χ0n) is 16.9. The average Bonchev–Trinajstić information content (AvgIpc) is 2.73. The van der Waals surface area contributed by atoms with Gasteiger partial charge in [0.2, 0.25) is 22.3 Å². The van der Waals surface area contributed by atoms with Crippen LogP contribution in [0.3, 0.4) is 0 Å². The second-order valence-corrected chi connectivity index (χ2v) is 8.92. The Balaban J connectivity index is 1.60. The minimum atomic E-state index is -3.30. The van der Waals surface area contributed by atoms with Gasteiger partial charge in [0.05, 0.1) is 23.8 Å². The van der Waals surface area contributed by atoms with Gasteiger partial charge in [-0.05, 0) is 31.2 Å². The number of hydrogen-bond acceptors (Lipinski definition) is 6. The van der Waals surface area contributed by atoms with Crippen LogP contribution in [-0.4, -0.2) is 69.1 Å². The van der Waals surface area contributed by atoms with Crippen molar-refractivity contribution >= 4 is 33.7 Å². The molecule has 160 valence electrons. The van der Waals surface area contributed by atoms with Gasteiger partial charge < -0.3 is 15.1 Å². The predicted molar refractivity (Wildman–Crippen MR) is 116 cm³/mol. The summed E-state index contributed by atoms with van der Waals surface area (Å²) in [5.41, 5.74) is 3.14. The van der Waals surface area contributed by atoms with E-state index >= 15 is 0 Å². The molecule has 2 amide bonds. The maximum absolute atomic E-state index is 12.3. The highest BCUT2D eigenvalue weighted by molar-refractivity contribution is 7.92. The third-order valence-corrected chi connectivity index (χ3v) is 5.48. The number of benzene rings is 1. The summed E-state index contributed by atoms with van der Waals surface area (Å²) in [5, 5.41) is 2.49. The van der Waals surface area contributed by atoms with Crippen LogP contribution in [0.25, 0.3) is 11.3 Å². The number of hydrogen-bond donors (Lipinski definition) is 2. The number of nitrogens with zero attached hydrogens (tertiary/aromatic N) is 3. The maximum Gasteiger partial charge on any atom is 0.244 e. The number of nitrogens with one attached hydrogen (secondary N) is 2. The van der Waals surface area contributed by atoms with Crippen LogP contribution in [0.5, 0.6) is 0 Å². The van der Waals surface area contributed by atoms with Gasteiger partial charge in [-0.1, -0.05) is 12.1 Å². The smallest absolute Gasteiger partial charge is 0.244 e. The molecular weight excluding hydrogens is 406 g/mol. The highest BCUT2D eigenvalue weighted by Gasteiger charge is 2.24. The van der Waals surface area contributed by atoms with Crippen molar-refractivity contribution in [2.45, 2.75) is 13.0 Å². The molecule has 9 nitrogen and oxygen atoms in total. The highest BCUT2D eigenvalue weighted by Crippen LogP contribution is 2.23. The molecule has 10 heteroatoms. The Morgan fingerprint density at radius 1 is 1.10 bits per heavy atom. The first-order chi connectivity index (χ1) is 14.3. The molecule has 0 saturated carbocycles. The SMILES string of the molecule is C[C@H](NC=O)C(=O)N1CCN(c2ccc(-c3ccc(NS(C)(=O)=O)cc3)nc2)CC1. The summed E-state index contributed by atoms with van der Waals surface area (Å²) in [6.45, 7) is 4.22. The highest BCUT2D eigenvalue weighted by atomic mass is 32.2. The molecule has 0 spiro atoms. The van der Waals surface area contributed by atoms with Gasteiger partial charge in [0.1, 0.15) is 6.04 Å². The van der Waals surface area contributed by atoms with E-state index in [9.17, 15) is 18.0 Å². The minimum Gasteiger partial charge on any atom is -0.367 e. The molecule has 1 saturated heterocycles. The number of carbonyl (C=O) groups is 2. The van der Waals surface area contributed by atoms with Crippen LogP contribution in [0.4, 0.5) is 11.4 Å². The number of anilines is 2. The predicted octanol–water partition coefficient (Wildman–Crippen LogP) is 0.903. The number of pyridine rings is 1. The lowest BCUT2D eigenvalue weighted by Gasteiger charge is -2.37. The van der Waals surface area contributed by atoms with Crippen molar-refractivity contribution in [1.29, 1.82) is 0 Å². The molecule has 30 heavy (non-hydrogen) atoms. The Bertz CT molecular complexity index is 985. The number of carbonyl (C=O) groups excluding carboxylic acids is 2. The lowest BCUT2D eigenvalue weighted by Crippen LogP contribution is -2.53. The first kappa shape index (κ1) is 21.6. The minimum absolute atomic E-state index is 0.0796. The largest absolute Gasteiger partial charge is 0.367 e. The third kappa shape index (κ3) is 5.47. The zero-order valence-corrected chi connectivity index (χ0v) is 17.7. The molecule has 0 bridgehead atoms. The Kier molecular flexibility index (Phi) is 6.56. The van der Waals surface area contributed by atoms with Gasteiger partial charge in [0, 0.05) is 37.4 Å². The van der Waals surface area contributed by atoms with E-state index in [4.69, 9.17) is 0 Å². The van der Waals surface area contributed by atoms with E-state index in [1.54, 1.807) is 30.2 Å². The van der Waals surface area contributed by atoms with E-state index in [-0.39, 0.29) is 5.91 Å². The van der Waals surface area contributed by atoms with E-state index in [2.05, 4.69) is 19.9 Å². The van der Waals surface area contributed by atoms with Crippen LogP contribution >= 0.6 is 0 Å². The summed E-state index contributed by atoms with van der Waals surface area (Å²) in [5.74, 6) is -0.0796. The molecule has 2 aromatic rings. The van der Waals surface area contributed by atoms with E-state index in [1.165, 1.54) is 0 Å². The molecule has 0 radical (unpaired) electrons. The van der Waals surface area contributed by atoms with Gasteiger partial charge in [0.15, 0.2) is 0 Å². The Hall–Kier alpha value is -3.14. The molecule has 2 heterocycles. The Morgan fingerprint density at radius 2 is 1.77 bits per heavy atom. The first-order valence-corrected chi connectivity index (χ1v) is 11.4. The van der Waals surface area contributed by atoms with Gasteiger partial charge >= 0.3 is 0 Å². The molecule has 1 aliphatic heterocycles. The molecule has 1 aliphatic rings. The summed E-state index contributed by atoms with van der Waals surface area (Å²) in [7, 11) is -3.30. The van der Waals surface area contributed by atoms with Crippen LogP contribution in [-0.2, 0) is 19.6 Å². The van der Waals surface area contributed by atoms with Gasteiger partial charge in [-0.25, -0.2) is 8.42 Å². The molecule has 1 aromatic heterocycles. The van der Waals surface area contributed by atoms with E-state index in [0.29, 0.717) is 38.3 Å². The monoisotopic (exact) mass is 431 g/mol. The van der Waals surface area contributed by atoms with Gasteiger partial charge in [0.25, 0.3) is 0 Å². The number of aromatic nitrogens is 1. The zero-order chi connectivity index (χ0) is 21.7. The maximum atomic E-state index is 12.3. The molecule has 0 aliphatic carbocycles. The number of sulfonamides is 1. The van der Waals surface area contributed by atoms with Crippen LogP contribution in [0.2, 0.25) is 0 Å². The third-order valence-electron chi connectivity index (χ3n) is 4.88. The lowest BCUT2D eigenvalue weighted by atomic mass is 10.1. The summed E-state index contributed by atoms with van der Waals surface area (Å²) in [6.07, 6.45) is 3.45. The first-order valence-electron chi connectivity index (χ1n) is 9.54. The van der Waals surface area contributed by atoms with Crippen molar-refractivity contribution in [2.24, 2.45) is 0 Å². The van der Waals surface area contributed by atoms with Crippen molar-refractivity contribution < 1.29 is 18.0 Å². The fraction of sp³-hybridized carbons (Fsp3) is 0.350. The van der Waals surface area contributed by atoms with Crippen molar-refractivity contribution in [2.75, 3.05) is 42.1 Å². The van der Waals surface area contributed by atoms with Crippen LogP contribution in [0.1, 0.15) is 6.92 Å². The normalized spacial score (nSPS) is 15.4. The summed E-state index contributed by atoms with van der Waals surface area (Å²) in [4.78, 5) is 31.2. The molecule has 1 aromatic carbocycles. The second kappa shape index (κ2) is 9.12. The summed E-state index contributed by atoms with van der Waals surface area (Å²) in [6, 6.07) is 10.4. The molecule has 3 rings (SSSR count). The van der Waals surface area contributed by atoms with Crippen LogP contribution in [0, 0.1) is 0 Å². The van der Waals surface area contributed by atoms with E-state index in [1.807, 2.05) is 24.3 Å². The Morgan fingerprint density at radius 3 is 2.30 bits per heavy atom. The van der Waals surface area contributed by atoms with Crippen molar-refractivity contribution in [1.82, 2.24) is 15.2 Å². The number of amides is 2. The molecule has 1 fully saturated rings. The van der Waals surface area contributed by atoms with Gasteiger partial charge in [-0.2, -0.15) is 0 Å². The molecule has 1 atom stereocenters. The average molecular weight is 432 g/mol.